The molecule has 5 rings (SSSR count). The number of fused-ring (bicyclic) bond motifs is 2. The average Bonchev–Trinajstić information content (AvgIpc) is 3.28. The van der Waals surface area contributed by atoms with Crippen LogP contribution in [0.2, 0.25) is 0 Å². The number of benzene rings is 3. The number of nitrogens with zero attached hydrogens (tertiary/aromatic N) is 1. The lowest BCUT2D eigenvalue weighted by atomic mass is 10.1. The van der Waals surface area contributed by atoms with Gasteiger partial charge in [0.2, 0.25) is 5.89 Å². The molecule has 0 atom stereocenters. The standard InChI is InChI=1S/C25H21N3O5S/c1-14-3-4-16(24-26-19-13-17(30-2)6-8-20(19)33-24)11-18(14)27-25(34)28-23(29)15-5-7-21-22(12-15)32-10-9-31-21/h3-8,11-13H,9-10H2,1-2H3,(H2,27,28,29,34). The first-order chi connectivity index (χ1) is 16.5. The number of hydrogen-bond acceptors (Lipinski definition) is 7. The van der Waals surface area contributed by atoms with E-state index in [1.165, 1.54) is 0 Å². The molecule has 2 N–H and O–H groups in total. The molecule has 1 amide bonds. The number of carbonyl (C=O) groups is 1. The normalized spacial score (nSPS) is 12.3. The third-order valence-corrected chi connectivity index (χ3v) is 5.56. The molecule has 9 heteroatoms. The Morgan fingerprint density at radius 1 is 1.03 bits per heavy atom. The SMILES string of the molecule is COc1ccc2oc(-c3ccc(C)c(NC(=S)NC(=O)c4ccc5c(c4)OCCO5)c3)nc2c1. The number of aromatic nitrogens is 1. The number of methoxy groups -OCH3 is 1. The number of nitrogens with one attached hydrogen (secondary N) is 2. The van der Waals surface area contributed by atoms with Gasteiger partial charge in [0.05, 0.1) is 7.11 Å². The zero-order chi connectivity index (χ0) is 23.7. The number of rotatable bonds is 4. The topological polar surface area (TPSA) is 94.9 Å². The molecule has 0 radical (unpaired) electrons. The van der Waals surface area contributed by atoms with Gasteiger partial charge in [-0.3, -0.25) is 10.1 Å². The molecular formula is C25H21N3O5S. The highest BCUT2D eigenvalue weighted by Gasteiger charge is 2.16. The molecule has 0 fully saturated rings. The van der Waals surface area contributed by atoms with E-state index in [1.807, 2.05) is 43.3 Å². The fourth-order valence-electron chi connectivity index (χ4n) is 3.56. The van der Waals surface area contributed by atoms with Crippen LogP contribution < -0.4 is 24.8 Å². The maximum Gasteiger partial charge on any atom is 0.257 e. The number of hydrogen-bond donors (Lipinski definition) is 2. The van der Waals surface area contributed by atoms with Crippen molar-refractivity contribution in [3.05, 3.63) is 65.7 Å². The zero-order valence-corrected chi connectivity index (χ0v) is 19.3. The van der Waals surface area contributed by atoms with E-state index >= 15 is 0 Å². The van der Waals surface area contributed by atoms with Gasteiger partial charge in [0, 0.05) is 22.9 Å². The average molecular weight is 476 g/mol. The van der Waals surface area contributed by atoms with E-state index < -0.39 is 0 Å². The molecule has 34 heavy (non-hydrogen) atoms. The molecule has 2 heterocycles. The first-order valence-corrected chi connectivity index (χ1v) is 11.0. The van der Waals surface area contributed by atoms with E-state index in [2.05, 4.69) is 15.6 Å². The van der Waals surface area contributed by atoms with Crippen LogP contribution in [0.3, 0.4) is 0 Å². The molecule has 1 aliphatic heterocycles. The maximum absolute atomic E-state index is 12.7. The Bertz CT molecular complexity index is 1420. The van der Waals surface area contributed by atoms with Gasteiger partial charge in [0.25, 0.3) is 5.91 Å². The van der Waals surface area contributed by atoms with Gasteiger partial charge in [-0.15, -0.1) is 0 Å². The lowest BCUT2D eigenvalue weighted by molar-refractivity contribution is 0.0976. The molecule has 4 aromatic rings. The van der Waals surface area contributed by atoms with Crippen molar-refractivity contribution in [2.24, 2.45) is 0 Å². The Balaban J connectivity index is 1.32. The summed E-state index contributed by atoms with van der Waals surface area (Å²) in [5, 5.41) is 5.96. The first kappa shape index (κ1) is 21.7. The largest absolute Gasteiger partial charge is 0.497 e. The fraction of sp³-hybridized carbons (Fsp3) is 0.160. The van der Waals surface area contributed by atoms with Crippen LogP contribution in [0.4, 0.5) is 5.69 Å². The summed E-state index contributed by atoms with van der Waals surface area (Å²) in [6.45, 7) is 2.87. The highest BCUT2D eigenvalue weighted by molar-refractivity contribution is 7.80. The summed E-state index contributed by atoms with van der Waals surface area (Å²) in [5.41, 5.74) is 4.21. The molecule has 0 spiro atoms. The van der Waals surface area contributed by atoms with Gasteiger partial charge in [-0.25, -0.2) is 4.98 Å². The zero-order valence-electron chi connectivity index (χ0n) is 18.5. The molecule has 0 unspecified atom stereocenters. The Hall–Kier alpha value is -4.11. The molecular weight excluding hydrogens is 454 g/mol. The Morgan fingerprint density at radius 2 is 1.85 bits per heavy atom. The Labute approximate surface area is 200 Å². The molecule has 3 aromatic carbocycles. The summed E-state index contributed by atoms with van der Waals surface area (Å²) < 4.78 is 22.2. The number of carbonyl (C=O) groups excluding carboxylic acids is 1. The second kappa shape index (κ2) is 9.03. The molecule has 172 valence electrons. The monoisotopic (exact) mass is 475 g/mol. The quantitative estimate of drug-likeness (QED) is 0.410. The smallest absolute Gasteiger partial charge is 0.257 e. The van der Waals surface area contributed by atoms with Crippen molar-refractivity contribution in [1.29, 1.82) is 0 Å². The van der Waals surface area contributed by atoms with Crippen molar-refractivity contribution in [2.75, 3.05) is 25.6 Å². The number of ether oxygens (including phenoxy) is 3. The number of amides is 1. The lowest BCUT2D eigenvalue weighted by Gasteiger charge is -2.19. The van der Waals surface area contributed by atoms with Gasteiger partial charge >= 0.3 is 0 Å². The lowest BCUT2D eigenvalue weighted by Crippen LogP contribution is -2.34. The summed E-state index contributed by atoms with van der Waals surface area (Å²) in [6.07, 6.45) is 0. The highest BCUT2D eigenvalue weighted by Crippen LogP contribution is 2.31. The van der Waals surface area contributed by atoms with Gasteiger partial charge in [-0.2, -0.15) is 0 Å². The second-order valence-corrected chi connectivity index (χ2v) is 8.06. The summed E-state index contributed by atoms with van der Waals surface area (Å²) in [4.78, 5) is 17.3. The van der Waals surface area contributed by atoms with Gasteiger partial charge in [-0.05, 0) is 67.2 Å². The number of thiocarbonyl (C=S) groups is 1. The molecule has 0 saturated heterocycles. The van der Waals surface area contributed by atoms with E-state index in [4.69, 9.17) is 30.8 Å². The third-order valence-electron chi connectivity index (χ3n) is 5.36. The van der Waals surface area contributed by atoms with Crippen LogP contribution in [-0.4, -0.2) is 36.3 Å². The summed E-state index contributed by atoms with van der Waals surface area (Å²) in [5.74, 6) is 1.98. The van der Waals surface area contributed by atoms with Crippen molar-refractivity contribution in [1.82, 2.24) is 10.3 Å². The molecule has 0 bridgehead atoms. The summed E-state index contributed by atoms with van der Waals surface area (Å²) >= 11 is 5.38. The van der Waals surface area contributed by atoms with Gasteiger partial charge in [0.1, 0.15) is 24.5 Å². The third kappa shape index (κ3) is 4.38. The molecule has 8 nitrogen and oxygen atoms in total. The molecule has 1 aromatic heterocycles. The van der Waals surface area contributed by atoms with E-state index in [0.717, 1.165) is 16.8 Å². The minimum atomic E-state index is -0.351. The second-order valence-electron chi connectivity index (χ2n) is 7.65. The fourth-order valence-corrected chi connectivity index (χ4v) is 3.76. The van der Waals surface area contributed by atoms with Crippen molar-refractivity contribution < 1.29 is 23.4 Å². The predicted molar refractivity (Wildman–Crippen MR) is 132 cm³/mol. The van der Waals surface area contributed by atoms with E-state index in [-0.39, 0.29) is 11.0 Å². The maximum atomic E-state index is 12.7. The van der Waals surface area contributed by atoms with Crippen molar-refractivity contribution >= 4 is 40.0 Å². The van der Waals surface area contributed by atoms with Crippen LogP contribution >= 0.6 is 12.2 Å². The molecule has 0 aliphatic carbocycles. The Morgan fingerprint density at radius 3 is 2.68 bits per heavy atom. The number of oxazole rings is 1. The summed E-state index contributed by atoms with van der Waals surface area (Å²) in [7, 11) is 1.61. The van der Waals surface area contributed by atoms with Crippen molar-refractivity contribution in [3.8, 4) is 28.7 Å². The van der Waals surface area contributed by atoms with E-state index in [9.17, 15) is 4.79 Å². The number of anilines is 1. The van der Waals surface area contributed by atoms with E-state index in [1.54, 1.807) is 25.3 Å². The van der Waals surface area contributed by atoms with Crippen molar-refractivity contribution in [2.45, 2.75) is 6.92 Å². The molecule has 0 saturated carbocycles. The minimum absolute atomic E-state index is 0.169. The highest BCUT2D eigenvalue weighted by atomic mass is 32.1. The summed E-state index contributed by atoms with van der Waals surface area (Å²) in [6, 6.07) is 16.2. The van der Waals surface area contributed by atoms with Gasteiger partial charge < -0.3 is 23.9 Å². The predicted octanol–water partition coefficient (Wildman–Crippen LogP) is 4.71. The van der Waals surface area contributed by atoms with Crippen LogP contribution in [0.15, 0.2) is 59.0 Å². The van der Waals surface area contributed by atoms with Crippen LogP contribution in [-0.2, 0) is 0 Å². The van der Waals surface area contributed by atoms with Crippen LogP contribution in [0.25, 0.3) is 22.6 Å². The van der Waals surface area contributed by atoms with Crippen LogP contribution in [0.1, 0.15) is 15.9 Å². The first-order valence-electron chi connectivity index (χ1n) is 10.6. The van der Waals surface area contributed by atoms with Crippen LogP contribution in [0, 0.1) is 6.92 Å². The number of aryl methyl sites for hydroxylation is 1. The Kier molecular flexibility index (Phi) is 5.77. The molecule has 1 aliphatic rings. The van der Waals surface area contributed by atoms with Crippen LogP contribution in [0.5, 0.6) is 17.2 Å². The van der Waals surface area contributed by atoms with Gasteiger partial charge in [0.15, 0.2) is 22.2 Å². The van der Waals surface area contributed by atoms with E-state index in [0.29, 0.717) is 53.0 Å². The van der Waals surface area contributed by atoms with Gasteiger partial charge in [-0.1, -0.05) is 6.07 Å². The van der Waals surface area contributed by atoms with Crippen molar-refractivity contribution in [3.63, 3.8) is 0 Å². The minimum Gasteiger partial charge on any atom is -0.497 e.